The largest absolute Gasteiger partial charge is 0.450 e. The predicted octanol–water partition coefficient (Wildman–Crippen LogP) is 0.287. The van der Waals surface area contributed by atoms with Crippen LogP contribution in [-0.4, -0.2) is 67.7 Å². The molecule has 1 atom stereocenters. The van der Waals surface area contributed by atoms with Crippen LogP contribution in [-0.2, 0) is 9.53 Å². The second kappa shape index (κ2) is 6.75. The molecule has 2 rings (SSSR count). The van der Waals surface area contributed by atoms with E-state index in [-0.39, 0.29) is 12.0 Å². The first-order chi connectivity index (χ1) is 9.20. The maximum atomic E-state index is 12.1. The van der Waals surface area contributed by atoms with Gasteiger partial charge in [0.05, 0.1) is 6.61 Å². The van der Waals surface area contributed by atoms with E-state index in [0.29, 0.717) is 45.1 Å². The Morgan fingerprint density at radius 3 is 2.47 bits per heavy atom. The number of hydrogen-bond acceptors (Lipinski definition) is 4. The third kappa shape index (κ3) is 3.83. The predicted molar refractivity (Wildman–Crippen MR) is 70.8 cm³/mol. The fourth-order valence-electron chi connectivity index (χ4n) is 2.62. The van der Waals surface area contributed by atoms with E-state index in [1.807, 2.05) is 4.90 Å². The SMILES string of the molecule is CCOC(=O)N1CCN(C(=O)C[C@@H]2CCNC2)CC1. The molecule has 0 aromatic carbocycles. The van der Waals surface area contributed by atoms with Gasteiger partial charge in [-0.3, -0.25) is 4.79 Å². The Morgan fingerprint density at radius 1 is 1.21 bits per heavy atom. The molecule has 0 saturated carbocycles. The van der Waals surface area contributed by atoms with Crippen molar-refractivity contribution in [2.24, 2.45) is 5.92 Å². The third-order valence-corrected chi connectivity index (χ3v) is 3.78. The normalized spacial score (nSPS) is 23.5. The minimum Gasteiger partial charge on any atom is -0.450 e. The number of carbonyl (C=O) groups is 2. The molecule has 6 nitrogen and oxygen atoms in total. The highest BCUT2D eigenvalue weighted by Crippen LogP contribution is 2.15. The van der Waals surface area contributed by atoms with Gasteiger partial charge in [0.1, 0.15) is 0 Å². The van der Waals surface area contributed by atoms with E-state index < -0.39 is 0 Å². The zero-order chi connectivity index (χ0) is 13.7. The van der Waals surface area contributed by atoms with Crippen molar-refractivity contribution in [3.63, 3.8) is 0 Å². The molecule has 1 N–H and O–H groups in total. The fourth-order valence-corrected chi connectivity index (χ4v) is 2.62. The van der Waals surface area contributed by atoms with Gasteiger partial charge in [0.2, 0.25) is 5.91 Å². The van der Waals surface area contributed by atoms with Crippen LogP contribution in [0.4, 0.5) is 4.79 Å². The first kappa shape index (κ1) is 14.1. The van der Waals surface area contributed by atoms with Crippen molar-refractivity contribution < 1.29 is 14.3 Å². The lowest BCUT2D eigenvalue weighted by molar-refractivity contribution is -0.133. The molecule has 0 bridgehead atoms. The van der Waals surface area contributed by atoms with Crippen molar-refractivity contribution >= 4 is 12.0 Å². The molecule has 0 aromatic rings. The Labute approximate surface area is 114 Å². The van der Waals surface area contributed by atoms with Crippen LogP contribution >= 0.6 is 0 Å². The van der Waals surface area contributed by atoms with Gasteiger partial charge in [-0.05, 0) is 32.4 Å². The zero-order valence-corrected chi connectivity index (χ0v) is 11.6. The molecule has 0 spiro atoms. The van der Waals surface area contributed by atoms with Gasteiger partial charge in [0.15, 0.2) is 0 Å². The monoisotopic (exact) mass is 269 g/mol. The average Bonchev–Trinajstić information content (AvgIpc) is 2.92. The van der Waals surface area contributed by atoms with Gasteiger partial charge in [-0.25, -0.2) is 4.79 Å². The molecule has 2 heterocycles. The maximum absolute atomic E-state index is 12.1. The van der Waals surface area contributed by atoms with Crippen molar-refractivity contribution in [1.82, 2.24) is 15.1 Å². The summed E-state index contributed by atoms with van der Waals surface area (Å²) in [5.74, 6) is 0.702. The van der Waals surface area contributed by atoms with Gasteiger partial charge in [-0.2, -0.15) is 0 Å². The van der Waals surface area contributed by atoms with Crippen molar-refractivity contribution in [2.45, 2.75) is 19.8 Å². The minimum atomic E-state index is -0.269. The van der Waals surface area contributed by atoms with Crippen LogP contribution < -0.4 is 5.32 Å². The number of nitrogens with zero attached hydrogens (tertiary/aromatic N) is 2. The summed E-state index contributed by atoms with van der Waals surface area (Å²) < 4.78 is 4.96. The highest BCUT2D eigenvalue weighted by atomic mass is 16.6. The highest BCUT2D eigenvalue weighted by Gasteiger charge is 2.27. The van der Waals surface area contributed by atoms with E-state index in [0.717, 1.165) is 19.5 Å². The van der Waals surface area contributed by atoms with Crippen LogP contribution in [0.15, 0.2) is 0 Å². The Morgan fingerprint density at radius 2 is 1.89 bits per heavy atom. The molecular weight excluding hydrogens is 246 g/mol. The zero-order valence-electron chi connectivity index (χ0n) is 11.6. The van der Waals surface area contributed by atoms with Crippen LogP contribution in [0, 0.1) is 5.92 Å². The summed E-state index contributed by atoms with van der Waals surface area (Å²) in [7, 11) is 0. The van der Waals surface area contributed by atoms with Crippen molar-refractivity contribution in [3.05, 3.63) is 0 Å². The molecule has 0 aliphatic carbocycles. The standard InChI is InChI=1S/C13H23N3O3/c1-2-19-13(18)16-7-5-15(6-8-16)12(17)9-11-3-4-14-10-11/h11,14H,2-10H2,1H3/t11-/m0/s1. The number of piperazine rings is 1. The molecular formula is C13H23N3O3. The number of ether oxygens (including phenoxy) is 1. The lowest BCUT2D eigenvalue weighted by Crippen LogP contribution is -2.51. The average molecular weight is 269 g/mol. The number of nitrogens with one attached hydrogen (secondary N) is 1. The lowest BCUT2D eigenvalue weighted by Gasteiger charge is -2.34. The summed E-state index contributed by atoms with van der Waals surface area (Å²) in [6.45, 7) is 6.57. The van der Waals surface area contributed by atoms with E-state index in [4.69, 9.17) is 4.74 Å². The minimum absolute atomic E-state index is 0.220. The number of amides is 2. The van der Waals surface area contributed by atoms with Gasteiger partial charge in [0, 0.05) is 32.6 Å². The molecule has 0 radical (unpaired) electrons. The highest BCUT2D eigenvalue weighted by molar-refractivity contribution is 5.77. The molecule has 2 aliphatic heterocycles. The van der Waals surface area contributed by atoms with Crippen LogP contribution in [0.2, 0.25) is 0 Å². The molecule has 19 heavy (non-hydrogen) atoms. The molecule has 108 valence electrons. The Hall–Kier alpha value is -1.30. The second-order valence-corrected chi connectivity index (χ2v) is 5.13. The molecule has 0 unspecified atom stereocenters. The topological polar surface area (TPSA) is 61.9 Å². The molecule has 2 fully saturated rings. The molecule has 2 aliphatic rings. The van der Waals surface area contributed by atoms with Crippen LogP contribution in [0.5, 0.6) is 0 Å². The third-order valence-electron chi connectivity index (χ3n) is 3.78. The summed E-state index contributed by atoms with van der Waals surface area (Å²) in [5, 5.41) is 3.28. The van der Waals surface area contributed by atoms with Gasteiger partial charge < -0.3 is 19.9 Å². The van der Waals surface area contributed by atoms with E-state index >= 15 is 0 Å². The maximum Gasteiger partial charge on any atom is 0.409 e. The Kier molecular flexibility index (Phi) is 5.01. The second-order valence-electron chi connectivity index (χ2n) is 5.13. The molecule has 2 amide bonds. The van der Waals surface area contributed by atoms with E-state index in [1.54, 1.807) is 11.8 Å². The Bertz CT molecular complexity index is 321. The molecule has 6 heteroatoms. The van der Waals surface area contributed by atoms with E-state index in [9.17, 15) is 9.59 Å². The Balaban J connectivity index is 1.72. The lowest BCUT2D eigenvalue weighted by atomic mass is 10.0. The summed E-state index contributed by atoms with van der Waals surface area (Å²) in [4.78, 5) is 27.2. The van der Waals surface area contributed by atoms with E-state index in [1.165, 1.54) is 0 Å². The first-order valence-corrected chi connectivity index (χ1v) is 7.11. The summed E-state index contributed by atoms with van der Waals surface area (Å²) in [6.07, 6.45) is 1.45. The quantitative estimate of drug-likeness (QED) is 0.800. The summed E-state index contributed by atoms with van der Waals surface area (Å²) in [5.41, 5.74) is 0. The van der Waals surface area contributed by atoms with Crippen molar-refractivity contribution in [2.75, 3.05) is 45.9 Å². The van der Waals surface area contributed by atoms with E-state index in [2.05, 4.69) is 5.32 Å². The molecule has 2 saturated heterocycles. The number of rotatable bonds is 3. The van der Waals surface area contributed by atoms with Gasteiger partial charge in [-0.15, -0.1) is 0 Å². The van der Waals surface area contributed by atoms with Gasteiger partial charge in [0.25, 0.3) is 0 Å². The molecule has 0 aromatic heterocycles. The fraction of sp³-hybridized carbons (Fsp3) is 0.846. The summed E-state index contributed by atoms with van der Waals surface area (Å²) in [6, 6.07) is 0. The first-order valence-electron chi connectivity index (χ1n) is 7.11. The van der Waals surface area contributed by atoms with Crippen molar-refractivity contribution in [3.8, 4) is 0 Å². The van der Waals surface area contributed by atoms with Crippen LogP contribution in [0.25, 0.3) is 0 Å². The number of hydrogen-bond donors (Lipinski definition) is 1. The van der Waals surface area contributed by atoms with Gasteiger partial charge in [-0.1, -0.05) is 0 Å². The summed E-state index contributed by atoms with van der Waals surface area (Å²) >= 11 is 0. The van der Waals surface area contributed by atoms with Crippen LogP contribution in [0.3, 0.4) is 0 Å². The van der Waals surface area contributed by atoms with Crippen LogP contribution in [0.1, 0.15) is 19.8 Å². The van der Waals surface area contributed by atoms with Gasteiger partial charge >= 0.3 is 6.09 Å². The van der Waals surface area contributed by atoms with Crippen molar-refractivity contribution in [1.29, 1.82) is 0 Å². The smallest absolute Gasteiger partial charge is 0.409 e. The number of carbonyl (C=O) groups excluding carboxylic acids is 2.